The summed E-state index contributed by atoms with van der Waals surface area (Å²) in [6.45, 7) is 6.19. The third-order valence-corrected chi connectivity index (χ3v) is 5.38. The number of nitrogens with one attached hydrogen (secondary N) is 1. The van der Waals surface area contributed by atoms with Gasteiger partial charge in [-0.05, 0) is 31.9 Å². The second kappa shape index (κ2) is 6.24. The van der Waals surface area contributed by atoms with Crippen LogP contribution in [-0.4, -0.2) is 35.3 Å². The van der Waals surface area contributed by atoms with E-state index < -0.39 is 0 Å². The van der Waals surface area contributed by atoms with Crippen LogP contribution in [0.25, 0.3) is 10.2 Å². The predicted octanol–water partition coefficient (Wildman–Crippen LogP) is 2.48. The topological polar surface area (TPSA) is 88.3 Å². The summed E-state index contributed by atoms with van der Waals surface area (Å²) in [5.41, 5.74) is 7.89. The molecule has 2 aromatic heterocycles. The van der Waals surface area contributed by atoms with Gasteiger partial charge in [0.15, 0.2) is 0 Å². The van der Waals surface area contributed by atoms with Crippen LogP contribution in [0.1, 0.15) is 41.2 Å². The molecule has 0 radical (unpaired) electrons. The number of nitrogens with two attached hydrogens (primary N) is 1. The zero-order valence-electron chi connectivity index (χ0n) is 13.8. The molecule has 1 saturated heterocycles. The van der Waals surface area contributed by atoms with E-state index in [0.717, 1.165) is 28.8 Å². The molecule has 3 heterocycles. The van der Waals surface area contributed by atoms with E-state index in [9.17, 15) is 9.59 Å². The lowest BCUT2D eigenvalue weighted by Gasteiger charge is -2.24. The van der Waals surface area contributed by atoms with Crippen LogP contribution in [0.4, 0.5) is 5.69 Å². The standard InChI is InChI=1S/C17H20N4O2S/c1-9(2)17(23)21-8-4-5-12(21)11-7-6-10-13(18)14(15(22)19-3)24-16(10)20-11/h6-7,12H,1,4-5,8,18H2,2-3H3,(H,19,22). The fourth-order valence-electron chi connectivity index (χ4n) is 3.04. The third kappa shape index (κ3) is 2.65. The summed E-state index contributed by atoms with van der Waals surface area (Å²) in [6, 6.07) is 3.73. The molecule has 1 atom stereocenters. The Morgan fingerprint density at radius 1 is 1.46 bits per heavy atom. The zero-order valence-corrected chi connectivity index (χ0v) is 14.6. The minimum absolute atomic E-state index is 0.0314. The average Bonchev–Trinajstić information content (AvgIpc) is 3.18. The lowest BCUT2D eigenvalue weighted by Crippen LogP contribution is -2.31. The molecule has 24 heavy (non-hydrogen) atoms. The normalized spacial score (nSPS) is 17.2. The number of nitrogen functional groups attached to an aromatic ring is 1. The molecule has 2 aromatic rings. The fraction of sp³-hybridized carbons (Fsp3) is 0.353. The van der Waals surface area contributed by atoms with E-state index in [2.05, 4.69) is 16.9 Å². The average molecular weight is 344 g/mol. The van der Waals surface area contributed by atoms with Gasteiger partial charge in [-0.2, -0.15) is 0 Å². The maximum Gasteiger partial charge on any atom is 0.263 e. The molecule has 1 unspecified atom stereocenters. The van der Waals surface area contributed by atoms with Crippen molar-refractivity contribution in [3.8, 4) is 0 Å². The predicted molar refractivity (Wildman–Crippen MR) is 95.9 cm³/mol. The van der Waals surface area contributed by atoms with Gasteiger partial charge in [0.1, 0.15) is 9.71 Å². The zero-order chi connectivity index (χ0) is 17.4. The quantitative estimate of drug-likeness (QED) is 0.837. The van der Waals surface area contributed by atoms with Crippen LogP contribution in [0, 0.1) is 0 Å². The van der Waals surface area contributed by atoms with Gasteiger partial charge >= 0.3 is 0 Å². The molecular formula is C17H20N4O2S. The number of fused-ring (bicyclic) bond motifs is 1. The molecule has 0 aromatic carbocycles. The maximum absolute atomic E-state index is 12.3. The van der Waals surface area contributed by atoms with E-state index in [1.54, 1.807) is 14.0 Å². The number of carbonyl (C=O) groups is 2. The monoisotopic (exact) mass is 344 g/mol. The van der Waals surface area contributed by atoms with Crippen molar-refractivity contribution in [2.45, 2.75) is 25.8 Å². The highest BCUT2D eigenvalue weighted by molar-refractivity contribution is 7.21. The van der Waals surface area contributed by atoms with Crippen LogP contribution < -0.4 is 11.1 Å². The largest absolute Gasteiger partial charge is 0.397 e. The first-order chi connectivity index (χ1) is 11.4. The molecule has 0 spiro atoms. The van der Waals surface area contributed by atoms with Gasteiger partial charge in [0, 0.05) is 24.6 Å². The molecule has 6 nitrogen and oxygen atoms in total. The highest BCUT2D eigenvalue weighted by Gasteiger charge is 2.31. The molecule has 2 amide bonds. The van der Waals surface area contributed by atoms with E-state index in [1.165, 1.54) is 11.3 Å². The molecule has 0 saturated carbocycles. The molecule has 1 fully saturated rings. The minimum atomic E-state index is -0.211. The molecule has 0 bridgehead atoms. The van der Waals surface area contributed by atoms with E-state index in [4.69, 9.17) is 5.73 Å². The van der Waals surface area contributed by atoms with E-state index in [1.807, 2.05) is 17.0 Å². The second-order valence-electron chi connectivity index (χ2n) is 5.95. The lowest BCUT2D eigenvalue weighted by molar-refractivity contribution is -0.128. The molecule has 0 aliphatic carbocycles. The molecule has 7 heteroatoms. The Morgan fingerprint density at radius 3 is 2.88 bits per heavy atom. The van der Waals surface area contributed by atoms with Crippen molar-refractivity contribution in [2.24, 2.45) is 0 Å². The summed E-state index contributed by atoms with van der Waals surface area (Å²) in [4.78, 5) is 31.9. The first kappa shape index (κ1) is 16.4. The van der Waals surface area contributed by atoms with Gasteiger partial charge in [-0.15, -0.1) is 11.3 Å². The van der Waals surface area contributed by atoms with Gasteiger partial charge in [-0.3, -0.25) is 9.59 Å². The van der Waals surface area contributed by atoms with Crippen molar-refractivity contribution in [3.05, 3.63) is 34.9 Å². The molecular weight excluding hydrogens is 324 g/mol. The summed E-state index contributed by atoms with van der Waals surface area (Å²) in [5.74, 6) is -0.242. The number of rotatable bonds is 3. The van der Waals surface area contributed by atoms with Crippen LogP contribution >= 0.6 is 11.3 Å². The van der Waals surface area contributed by atoms with Crippen molar-refractivity contribution in [3.63, 3.8) is 0 Å². The van der Waals surface area contributed by atoms with Crippen LogP contribution in [0.5, 0.6) is 0 Å². The van der Waals surface area contributed by atoms with Crippen molar-refractivity contribution in [1.82, 2.24) is 15.2 Å². The number of likely N-dealkylation sites (tertiary alicyclic amines) is 1. The number of amides is 2. The summed E-state index contributed by atoms with van der Waals surface area (Å²) in [6.07, 6.45) is 1.82. The number of hydrogen-bond donors (Lipinski definition) is 2. The minimum Gasteiger partial charge on any atom is -0.397 e. The van der Waals surface area contributed by atoms with Gasteiger partial charge in [0.05, 0.1) is 17.4 Å². The molecule has 3 N–H and O–H groups in total. The highest BCUT2D eigenvalue weighted by atomic mass is 32.1. The number of aromatic nitrogens is 1. The van der Waals surface area contributed by atoms with E-state index >= 15 is 0 Å². The van der Waals surface area contributed by atoms with Crippen LogP contribution in [0.2, 0.25) is 0 Å². The summed E-state index contributed by atoms with van der Waals surface area (Å²) in [5, 5.41) is 3.36. The van der Waals surface area contributed by atoms with Gasteiger partial charge in [-0.1, -0.05) is 6.58 Å². The number of thiophene rings is 1. The number of carbonyl (C=O) groups excluding carboxylic acids is 2. The number of nitrogens with zero attached hydrogens (tertiary/aromatic N) is 2. The Kier molecular flexibility index (Phi) is 4.28. The fourth-order valence-corrected chi connectivity index (χ4v) is 4.09. The Hall–Kier alpha value is -2.41. The summed E-state index contributed by atoms with van der Waals surface area (Å²) < 4.78 is 0. The first-order valence-corrected chi connectivity index (χ1v) is 8.63. The van der Waals surface area contributed by atoms with E-state index in [0.29, 0.717) is 22.7 Å². The van der Waals surface area contributed by atoms with Crippen LogP contribution in [0.3, 0.4) is 0 Å². The summed E-state index contributed by atoms with van der Waals surface area (Å²) >= 11 is 1.28. The Morgan fingerprint density at radius 2 is 2.21 bits per heavy atom. The molecule has 1 aliphatic rings. The Bertz CT molecular complexity index is 842. The number of pyridine rings is 1. The van der Waals surface area contributed by atoms with Crippen LogP contribution in [0.15, 0.2) is 24.3 Å². The number of anilines is 1. The van der Waals surface area contributed by atoms with Crippen molar-refractivity contribution >= 4 is 39.1 Å². The number of hydrogen-bond acceptors (Lipinski definition) is 5. The van der Waals surface area contributed by atoms with Gasteiger partial charge in [0.2, 0.25) is 5.91 Å². The first-order valence-electron chi connectivity index (χ1n) is 7.81. The van der Waals surface area contributed by atoms with E-state index in [-0.39, 0.29) is 17.9 Å². The van der Waals surface area contributed by atoms with Crippen molar-refractivity contribution in [2.75, 3.05) is 19.3 Å². The molecule has 126 valence electrons. The van der Waals surface area contributed by atoms with Crippen LogP contribution in [-0.2, 0) is 4.79 Å². The maximum atomic E-state index is 12.3. The SMILES string of the molecule is C=C(C)C(=O)N1CCCC1c1ccc2c(N)c(C(=O)NC)sc2n1. The Labute approximate surface area is 144 Å². The van der Waals surface area contributed by atoms with Crippen molar-refractivity contribution < 1.29 is 9.59 Å². The summed E-state index contributed by atoms with van der Waals surface area (Å²) in [7, 11) is 1.57. The molecule has 1 aliphatic heterocycles. The Balaban J connectivity index is 2.00. The van der Waals surface area contributed by atoms with Gasteiger partial charge in [-0.25, -0.2) is 4.98 Å². The molecule has 3 rings (SSSR count). The lowest BCUT2D eigenvalue weighted by atomic mass is 10.1. The van der Waals surface area contributed by atoms with Gasteiger partial charge < -0.3 is 16.0 Å². The van der Waals surface area contributed by atoms with Crippen molar-refractivity contribution in [1.29, 1.82) is 0 Å². The highest BCUT2D eigenvalue weighted by Crippen LogP contribution is 2.36. The third-order valence-electron chi connectivity index (χ3n) is 4.27. The van der Waals surface area contributed by atoms with Gasteiger partial charge in [0.25, 0.3) is 5.91 Å². The second-order valence-corrected chi connectivity index (χ2v) is 6.95. The smallest absolute Gasteiger partial charge is 0.263 e.